The normalized spacial score (nSPS) is 11.4. The number of methoxy groups -OCH3 is 2. The maximum atomic E-state index is 13.4. The number of aryl methyl sites for hydroxylation is 2. The number of amides is 2. The molecule has 4 aromatic rings. The molecule has 4 rings (SSSR count). The van der Waals surface area contributed by atoms with Gasteiger partial charge in [-0.1, -0.05) is 42.5 Å². The molecule has 6 nitrogen and oxygen atoms in total. The standard InChI is InChI=1S/C31H30N2O4S/c1-20-13-14-24(19-21(20)2)33-31(35)29(22-9-6-5-7-10-22)38-25-17-15-23(16-18-25)32-30(34)28-26(36-3)11-8-12-27(28)37-4/h5-19,29H,1-4H3,(H,32,34)(H,33,35). The summed E-state index contributed by atoms with van der Waals surface area (Å²) >= 11 is 1.45. The van der Waals surface area contributed by atoms with Crippen LogP contribution < -0.4 is 20.1 Å². The summed E-state index contributed by atoms with van der Waals surface area (Å²) in [7, 11) is 3.02. The van der Waals surface area contributed by atoms with E-state index < -0.39 is 5.25 Å². The molecule has 4 aromatic carbocycles. The summed E-state index contributed by atoms with van der Waals surface area (Å²) in [6.07, 6.45) is 0. The van der Waals surface area contributed by atoms with Crippen molar-refractivity contribution in [3.05, 3.63) is 113 Å². The molecular formula is C31H30N2O4S. The number of ether oxygens (including phenoxy) is 2. The van der Waals surface area contributed by atoms with Gasteiger partial charge in [0.2, 0.25) is 5.91 Å². The second-order valence-electron chi connectivity index (χ2n) is 8.71. The van der Waals surface area contributed by atoms with E-state index in [4.69, 9.17) is 9.47 Å². The fraction of sp³-hybridized carbons (Fsp3) is 0.161. The molecule has 7 heteroatoms. The number of nitrogens with one attached hydrogen (secondary N) is 2. The molecule has 2 N–H and O–H groups in total. The third kappa shape index (κ3) is 6.36. The van der Waals surface area contributed by atoms with Crippen molar-refractivity contribution < 1.29 is 19.1 Å². The van der Waals surface area contributed by atoms with Crippen LogP contribution in [0.25, 0.3) is 0 Å². The van der Waals surface area contributed by atoms with Gasteiger partial charge >= 0.3 is 0 Å². The highest BCUT2D eigenvalue weighted by atomic mass is 32.2. The van der Waals surface area contributed by atoms with Crippen molar-refractivity contribution in [1.82, 2.24) is 0 Å². The van der Waals surface area contributed by atoms with Crippen LogP contribution in [0.3, 0.4) is 0 Å². The number of carbonyl (C=O) groups excluding carboxylic acids is 2. The van der Waals surface area contributed by atoms with Crippen molar-refractivity contribution in [2.24, 2.45) is 0 Å². The molecular weight excluding hydrogens is 496 g/mol. The largest absolute Gasteiger partial charge is 0.496 e. The van der Waals surface area contributed by atoms with Gasteiger partial charge in [0.05, 0.1) is 14.2 Å². The Kier molecular flexibility index (Phi) is 8.71. The first-order valence-corrected chi connectivity index (χ1v) is 13.0. The van der Waals surface area contributed by atoms with Crippen LogP contribution in [0.4, 0.5) is 11.4 Å². The van der Waals surface area contributed by atoms with E-state index in [0.717, 1.165) is 21.7 Å². The number of carbonyl (C=O) groups is 2. The lowest BCUT2D eigenvalue weighted by Gasteiger charge is -2.18. The lowest BCUT2D eigenvalue weighted by Crippen LogP contribution is -2.19. The average molecular weight is 527 g/mol. The molecule has 0 aliphatic carbocycles. The molecule has 0 aliphatic rings. The van der Waals surface area contributed by atoms with Gasteiger partial charge in [0.1, 0.15) is 22.3 Å². The summed E-state index contributed by atoms with van der Waals surface area (Å²) in [6, 6.07) is 28.2. The second kappa shape index (κ2) is 12.3. The van der Waals surface area contributed by atoms with Gasteiger partial charge in [0, 0.05) is 16.3 Å². The Hall–Kier alpha value is -4.23. The van der Waals surface area contributed by atoms with Crippen molar-refractivity contribution in [3.8, 4) is 11.5 Å². The number of hydrogen-bond acceptors (Lipinski definition) is 5. The molecule has 0 aromatic heterocycles. The maximum absolute atomic E-state index is 13.4. The fourth-order valence-electron chi connectivity index (χ4n) is 3.95. The van der Waals surface area contributed by atoms with Crippen LogP contribution in [0, 0.1) is 13.8 Å². The van der Waals surface area contributed by atoms with Crippen molar-refractivity contribution >= 4 is 35.0 Å². The SMILES string of the molecule is COc1cccc(OC)c1C(=O)Nc1ccc(SC(C(=O)Nc2ccc(C)c(C)c2)c2ccccc2)cc1. The fourth-order valence-corrected chi connectivity index (χ4v) is 4.97. The van der Waals surface area contributed by atoms with Gasteiger partial charge in [-0.2, -0.15) is 0 Å². The molecule has 0 spiro atoms. The van der Waals surface area contributed by atoms with Crippen molar-refractivity contribution in [2.75, 3.05) is 24.9 Å². The first kappa shape index (κ1) is 26.8. The van der Waals surface area contributed by atoms with Crippen LogP contribution in [0.1, 0.15) is 32.3 Å². The number of hydrogen-bond donors (Lipinski definition) is 2. The first-order valence-electron chi connectivity index (χ1n) is 12.1. The minimum Gasteiger partial charge on any atom is -0.496 e. The van der Waals surface area contributed by atoms with Crippen molar-refractivity contribution in [2.45, 2.75) is 24.0 Å². The molecule has 2 amide bonds. The van der Waals surface area contributed by atoms with E-state index in [2.05, 4.69) is 10.6 Å². The highest BCUT2D eigenvalue weighted by Gasteiger charge is 2.23. The lowest BCUT2D eigenvalue weighted by atomic mass is 10.1. The molecule has 0 aliphatic heterocycles. The Morgan fingerprint density at radius 1 is 0.711 bits per heavy atom. The van der Waals surface area contributed by atoms with Gasteiger partial charge in [0.25, 0.3) is 5.91 Å². The van der Waals surface area contributed by atoms with E-state index in [-0.39, 0.29) is 11.8 Å². The Morgan fingerprint density at radius 3 is 1.95 bits per heavy atom. The molecule has 38 heavy (non-hydrogen) atoms. The number of anilines is 2. The molecule has 0 saturated heterocycles. The van der Waals surface area contributed by atoms with Crippen molar-refractivity contribution in [3.63, 3.8) is 0 Å². The van der Waals surface area contributed by atoms with E-state index in [1.54, 1.807) is 18.2 Å². The lowest BCUT2D eigenvalue weighted by molar-refractivity contribution is -0.115. The zero-order chi connectivity index (χ0) is 27.1. The Labute approximate surface area is 227 Å². The Morgan fingerprint density at radius 2 is 1.34 bits per heavy atom. The smallest absolute Gasteiger partial charge is 0.263 e. The molecule has 1 atom stereocenters. The minimum absolute atomic E-state index is 0.106. The molecule has 0 fully saturated rings. The second-order valence-corrected chi connectivity index (χ2v) is 9.89. The van der Waals surface area contributed by atoms with Gasteiger partial charge < -0.3 is 20.1 Å². The van der Waals surface area contributed by atoms with Crippen LogP contribution in [-0.4, -0.2) is 26.0 Å². The van der Waals surface area contributed by atoms with Gasteiger partial charge in [-0.05, 0) is 79.1 Å². The summed E-state index contributed by atoms with van der Waals surface area (Å²) in [6.45, 7) is 4.07. The number of thioether (sulfide) groups is 1. The highest BCUT2D eigenvalue weighted by Crippen LogP contribution is 2.37. The summed E-state index contributed by atoms with van der Waals surface area (Å²) in [5.74, 6) is 0.406. The number of benzene rings is 4. The van der Waals surface area contributed by atoms with Crippen molar-refractivity contribution in [1.29, 1.82) is 0 Å². The summed E-state index contributed by atoms with van der Waals surface area (Å²) in [5.41, 5.74) is 4.90. The summed E-state index contributed by atoms with van der Waals surface area (Å²) < 4.78 is 10.7. The van der Waals surface area contributed by atoms with E-state index in [9.17, 15) is 9.59 Å². The predicted octanol–water partition coefficient (Wildman–Crippen LogP) is 7.05. The zero-order valence-corrected chi connectivity index (χ0v) is 22.6. The molecule has 0 bridgehead atoms. The van der Waals surface area contributed by atoms with Crippen LogP contribution in [0.15, 0.2) is 95.9 Å². The summed E-state index contributed by atoms with van der Waals surface area (Å²) in [4.78, 5) is 27.3. The maximum Gasteiger partial charge on any atom is 0.263 e. The monoisotopic (exact) mass is 526 g/mol. The van der Waals surface area contributed by atoms with Gasteiger partial charge in [-0.15, -0.1) is 11.8 Å². The van der Waals surface area contributed by atoms with E-state index in [0.29, 0.717) is 22.7 Å². The Bertz CT molecular complexity index is 1400. The third-order valence-electron chi connectivity index (χ3n) is 6.14. The molecule has 194 valence electrons. The molecule has 0 heterocycles. The minimum atomic E-state index is -0.462. The first-order chi connectivity index (χ1) is 18.4. The topological polar surface area (TPSA) is 76.7 Å². The molecule has 0 radical (unpaired) electrons. The van der Waals surface area contributed by atoms with Crippen LogP contribution in [-0.2, 0) is 4.79 Å². The van der Waals surface area contributed by atoms with E-state index in [1.165, 1.54) is 31.5 Å². The van der Waals surface area contributed by atoms with E-state index in [1.807, 2.05) is 86.6 Å². The average Bonchev–Trinajstić information content (AvgIpc) is 2.94. The molecule has 1 unspecified atom stereocenters. The molecule has 0 saturated carbocycles. The Balaban J connectivity index is 1.51. The zero-order valence-electron chi connectivity index (χ0n) is 21.8. The quantitative estimate of drug-likeness (QED) is 0.229. The predicted molar refractivity (Wildman–Crippen MR) is 154 cm³/mol. The van der Waals surface area contributed by atoms with Crippen LogP contribution in [0.2, 0.25) is 0 Å². The number of rotatable bonds is 9. The van der Waals surface area contributed by atoms with E-state index >= 15 is 0 Å². The summed E-state index contributed by atoms with van der Waals surface area (Å²) in [5, 5.41) is 5.50. The van der Waals surface area contributed by atoms with Crippen LogP contribution in [0.5, 0.6) is 11.5 Å². The van der Waals surface area contributed by atoms with Gasteiger partial charge in [-0.25, -0.2) is 0 Å². The van der Waals surface area contributed by atoms with Gasteiger partial charge in [-0.3, -0.25) is 9.59 Å². The van der Waals surface area contributed by atoms with Crippen LogP contribution >= 0.6 is 11.8 Å². The van der Waals surface area contributed by atoms with Gasteiger partial charge in [0.15, 0.2) is 0 Å². The highest BCUT2D eigenvalue weighted by molar-refractivity contribution is 8.00. The third-order valence-corrected chi connectivity index (χ3v) is 7.40.